The number of benzene rings is 1. The summed E-state index contributed by atoms with van der Waals surface area (Å²) in [5, 5.41) is 6.88. The number of primary amides is 1. The minimum absolute atomic E-state index is 0. The van der Waals surface area contributed by atoms with E-state index in [2.05, 4.69) is 22.8 Å². The van der Waals surface area contributed by atoms with Crippen LogP contribution in [0.25, 0.3) is 10.4 Å². The molecule has 1 aromatic heterocycles. The van der Waals surface area contributed by atoms with Crippen LogP contribution in [0.2, 0.25) is 0 Å². The molecule has 23 heavy (non-hydrogen) atoms. The molecule has 4 nitrogen and oxygen atoms in total. The first-order valence-corrected chi connectivity index (χ1v) is 8.54. The summed E-state index contributed by atoms with van der Waals surface area (Å²) in [4.78, 5) is 13.9. The van der Waals surface area contributed by atoms with Crippen molar-refractivity contribution in [2.45, 2.75) is 19.4 Å². The van der Waals surface area contributed by atoms with Crippen molar-refractivity contribution in [1.82, 2.24) is 5.32 Å². The summed E-state index contributed by atoms with van der Waals surface area (Å²) >= 11 is 1.56. The van der Waals surface area contributed by atoms with Crippen LogP contribution in [0.3, 0.4) is 0 Å². The highest BCUT2D eigenvalue weighted by molar-refractivity contribution is 7.17. The number of anilines is 1. The normalized spacial score (nSPS) is 18.5. The number of carbonyl (C=O) groups excluding carboxylic acids is 1. The molecule has 0 bridgehead atoms. The Morgan fingerprint density at radius 2 is 2.17 bits per heavy atom. The number of para-hydroxylation sites is 1. The van der Waals surface area contributed by atoms with Crippen LogP contribution in [-0.2, 0) is 13.0 Å². The Hall–Kier alpha value is -1.56. The van der Waals surface area contributed by atoms with Gasteiger partial charge in [0.25, 0.3) is 5.91 Å². The molecule has 1 saturated heterocycles. The SMILES string of the molecule is Cl.NC(=O)c1sc2c(c1CC1CCNC1)CNc1ccccc1-2. The van der Waals surface area contributed by atoms with E-state index in [0.717, 1.165) is 36.6 Å². The number of hydrogen-bond donors (Lipinski definition) is 3. The number of nitrogens with one attached hydrogen (secondary N) is 2. The lowest BCUT2D eigenvalue weighted by Crippen LogP contribution is -2.17. The minimum atomic E-state index is -0.294. The molecule has 1 atom stereocenters. The van der Waals surface area contributed by atoms with Gasteiger partial charge in [-0.05, 0) is 49.0 Å². The number of fused-ring (bicyclic) bond motifs is 3. The minimum Gasteiger partial charge on any atom is -0.380 e. The third kappa shape index (κ3) is 2.84. The van der Waals surface area contributed by atoms with E-state index in [0.29, 0.717) is 5.92 Å². The molecular formula is C17H20ClN3OS. The Kier molecular flexibility index (Phi) is 4.62. The second kappa shape index (κ2) is 6.51. The van der Waals surface area contributed by atoms with Crippen molar-refractivity contribution >= 4 is 35.3 Å². The first kappa shape index (κ1) is 16.3. The summed E-state index contributed by atoms with van der Waals surface area (Å²) < 4.78 is 0. The van der Waals surface area contributed by atoms with Gasteiger partial charge in [-0.25, -0.2) is 0 Å². The molecule has 4 rings (SSSR count). The van der Waals surface area contributed by atoms with E-state index in [-0.39, 0.29) is 18.3 Å². The third-order valence-electron chi connectivity index (χ3n) is 4.62. The average molecular weight is 350 g/mol. The van der Waals surface area contributed by atoms with E-state index < -0.39 is 0 Å². The maximum Gasteiger partial charge on any atom is 0.259 e. The summed E-state index contributed by atoms with van der Waals surface area (Å²) in [6.07, 6.45) is 2.12. The lowest BCUT2D eigenvalue weighted by atomic mass is 9.92. The molecular weight excluding hydrogens is 330 g/mol. The molecule has 3 heterocycles. The molecule has 2 aliphatic rings. The number of halogens is 1. The Labute approximate surface area is 145 Å². The van der Waals surface area contributed by atoms with Crippen LogP contribution >= 0.6 is 23.7 Å². The number of hydrogen-bond acceptors (Lipinski definition) is 4. The van der Waals surface area contributed by atoms with E-state index in [9.17, 15) is 4.79 Å². The number of rotatable bonds is 3. The highest BCUT2D eigenvalue weighted by Gasteiger charge is 2.28. The van der Waals surface area contributed by atoms with E-state index in [1.807, 2.05) is 12.1 Å². The van der Waals surface area contributed by atoms with E-state index in [1.54, 1.807) is 11.3 Å². The third-order valence-corrected chi connectivity index (χ3v) is 5.94. The van der Waals surface area contributed by atoms with Gasteiger partial charge in [-0.3, -0.25) is 4.79 Å². The molecule has 0 aliphatic carbocycles. The van der Waals surface area contributed by atoms with Gasteiger partial charge in [0.05, 0.1) is 4.88 Å². The summed E-state index contributed by atoms with van der Waals surface area (Å²) in [5.74, 6) is 0.312. The van der Waals surface area contributed by atoms with E-state index >= 15 is 0 Å². The van der Waals surface area contributed by atoms with Crippen LogP contribution in [0.5, 0.6) is 0 Å². The first-order valence-electron chi connectivity index (χ1n) is 7.72. The van der Waals surface area contributed by atoms with E-state index in [1.165, 1.54) is 28.0 Å². The van der Waals surface area contributed by atoms with Crippen LogP contribution < -0.4 is 16.4 Å². The van der Waals surface area contributed by atoms with Crippen molar-refractivity contribution in [3.8, 4) is 10.4 Å². The second-order valence-corrected chi connectivity index (χ2v) is 7.06. The average Bonchev–Trinajstić information content (AvgIpc) is 3.16. The monoisotopic (exact) mass is 349 g/mol. The fraction of sp³-hybridized carbons (Fsp3) is 0.353. The van der Waals surface area contributed by atoms with Crippen molar-refractivity contribution < 1.29 is 4.79 Å². The fourth-order valence-corrected chi connectivity index (χ4v) is 4.76. The van der Waals surface area contributed by atoms with Gasteiger partial charge in [-0.15, -0.1) is 23.7 Å². The van der Waals surface area contributed by atoms with Gasteiger partial charge in [0.2, 0.25) is 0 Å². The highest BCUT2D eigenvalue weighted by atomic mass is 35.5. The molecule has 0 spiro atoms. The van der Waals surface area contributed by atoms with Crippen LogP contribution in [0, 0.1) is 5.92 Å². The molecule has 1 fully saturated rings. The molecule has 0 radical (unpaired) electrons. The van der Waals surface area contributed by atoms with Crippen LogP contribution in [0.4, 0.5) is 5.69 Å². The molecule has 4 N–H and O–H groups in total. The topological polar surface area (TPSA) is 67.2 Å². The summed E-state index contributed by atoms with van der Waals surface area (Å²) in [5.41, 5.74) is 10.4. The highest BCUT2D eigenvalue weighted by Crippen LogP contribution is 2.44. The van der Waals surface area contributed by atoms with Crippen LogP contribution in [0.15, 0.2) is 24.3 Å². The molecule has 122 valence electrons. The maximum atomic E-state index is 11.9. The first-order chi connectivity index (χ1) is 10.7. The van der Waals surface area contributed by atoms with Gasteiger partial charge in [0, 0.05) is 22.7 Å². The molecule has 2 aliphatic heterocycles. The van der Waals surface area contributed by atoms with Crippen molar-refractivity contribution in [3.05, 3.63) is 40.3 Å². The van der Waals surface area contributed by atoms with Gasteiger partial charge in [-0.2, -0.15) is 0 Å². The predicted octanol–water partition coefficient (Wildman–Crippen LogP) is 3.01. The quantitative estimate of drug-likeness (QED) is 0.798. The van der Waals surface area contributed by atoms with Crippen molar-refractivity contribution in [3.63, 3.8) is 0 Å². The van der Waals surface area contributed by atoms with E-state index in [4.69, 9.17) is 5.73 Å². The molecule has 1 amide bonds. The van der Waals surface area contributed by atoms with Gasteiger partial charge >= 0.3 is 0 Å². The second-order valence-electron chi connectivity index (χ2n) is 6.04. The summed E-state index contributed by atoms with van der Waals surface area (Å²) in [6.45, 7) is 2.89. The smallest absolute Gasteiger partial charge is 0.259 e. The van der Waals surface area contributed by atoms with Gasteiger partial charge in [-0.1, -0.05) is 18.2 Å². The zero-order chi connectivity index (χ0) is 15.1. The number of amides is 1. The molecule has 2 aromatic rings. The summed E-state index contributed by atoms with van der Waals surface area (Å²) in [7, 11) is 0. The largest absolute Gasteiger partial charge is 0.380 e. The molecule has 0 saturated carbocycles. The zero-order valence-electron chi connectivity index (χ0n) is 12.7. The molecule has 1 unspecified atom stereocenters. The lowest BCUT2D eigenvalue weighted by Gasteiger charge is -2.20. The van der Waals surface area contributed by atoms with Gasteiger partial charge in [0.15, 0.2) is 0 Å². The predicted molar refractivity (Wildman–Crippen MR) is 97.5 cm³/mol. The van der Waals surface area contributed by atoms with Crippen LogP contribution in [-0.4, -0.2) is 19.0 Å². The number of nitrogens with two attached hydrogens (primary N) is 1. The Morgan fingerprint density at radius 3 is 2.91 bits per heavy atom. The zero-order valence-corrected chi connectivity index (χ0v) is 14.4. The van der Waals surface area contributed by atoms with Gasteiger partial charge in [0.1, 0.15) is 0 Å². The van der Waals surface area contributed by atoms with Crippen molar-refractivity contribution in [2.24, 2.45) is 11.7 Å². The molecule has 1 aromatic carbocycles. The standard InChI is InChI=1S/C17H19N3OS.ClH/c18-17(21)16-12(7-10-5-6-19-8-10)13-9-20-14-4-2-1-3-11(14)15(13)22-16;/h1-4,10,19-20H,5-9H2,(H2,18,21);1H. The van der Waals surface area contributed by atoms with Crippen molar-refractivity contribution in [1.29, 1.82) is 0 Å². The summed E-state index contributed by atoms with van der Waals surface area (Å²) in [6, 6.07) is 8.27. The molecule has 6 heteroatoms. The fourth-order valence-electron chi connectivity index (χ4n) is 3.51. The van der Waals surface area contributed by atoms with Gasteiger partial charge < -0.3 is 16.4 Å². The number of carbonyl (C=O) groups is 1. The maximum absolute atomic E-state index is 11.9. The number of thiophene rings is 1. The Bertz CT molecular complexity index is 737. The Balaban J connectivity index is 0.00000156. The van der Waals surface area contributed by atoms with Crippen LogP contribution in [0.1, 0.15) is 27.2 Å². The Morgan fingerprint density at radius 1 is 1.35 bits per heavy atom. The van der Waals surface area contributed by atoms with Crippen molar-refractivity contribution in [2.75, 3.05) is 18.4 Å². The lowest BCUT2D eigenvalue weighted by molar-refractivity contribution is 0.100.